The van der Waals surface area contributed by atoms with Crippen LogP contribution < -0.4 is 0 Å². The van der Waals surface area contributed by atoms with E-state index in [1.807, 2.05) is 0 Å². The quantitative estimate of drug-likeness (QED) is 0.494. The predicted octanol–water partition coefficient (Wildman–Crippen LogP) is 2.89. The summed E-state index contributed by atoms with van der Waals surface area (Å²) in [5.41, 5.74) is 0.425. The first kappa shape index (κ1) is 26.5. The molecule has 0 heterocycles. The minimum absolute atomic E-state index is 0.0887. The summed E-state index contributed by atoms with van der Waals surface area (Å²) in [6, 6.07) is 9.04. The van der Waals surface area contributed by atoms with Gasteiger partial charge in [0.15, 0.2) is 0 Å². The number of nitrogens with zero attached hydrogens (tertiary/aromatic N) is 2. The number of rotatable bonds is 10. The Kier molecular flexibility index (Phi) is 8.27. The zero-order valence-corrected chi connectivity index (χ0v) is 21.4. The molecule has 32 heavy (non-hydrogen) atoms. The van der Waals surface area contributed by atoms with Crippen LogP contribution in [0.5, 0.6) is 0 Å². The minimum atomic E-state index is -4.17. The van der Waals surface area contributed by atoms with Crippen molar-refractivity contribution in [1.82, 2.24) is 8.61 Å². The molecule has 0 unspecified atom stereocenters. The van der Waals surface area contributed by atoms with Gasteiger partial charge in [0.1, 0.15) is 0 Å². The molecule has 0 N–H and O–H groups in total. The summed E-state index contributed by atoms with van der Waals surface area (Å²) in [6.07, 6.45) is 0. The molecule has 11 heteroatoms. The third-order valence-electron chi connectivity index (χ3n) is 5.25. The zero-order chi connectivity index (χ0) is 24.3. The van der Waals surface area contributed by atoms with Crippen LogP contribution in [-0.2, 0) is 29.9 Å². The van der Waals surface area contributed by atoms with Crippen LogP contribution in [-0.4, -0.2) is 60.0 Å². The van der Waals surface area contributed by atoms with Crippen molar-refractivity contribution in [3.63, 3.8) is 0 Å². The van der Waals surface area contributed by atoms with Crippen molar-refractivity contribution in [2.24, 2.45) is 0 Å². The Labute approximate surface area is 191 Å². The highest BCUT2D eigenvalue weighted by Gasteiger charge is 2.28. The van der Waals surface area contributed by atoms with E-state index in [2.05, 4.69) is 0 Å². The molecule has 0 saturated carbocycles. The lowest BCUT2D eigenvalue weighted by molar-refractivity contribution is 0.444. The highest BCUT2D eigenvalue weighted by atomic mass is 32.2. The van der Waals surface area contributed by atoms with Crippen molar-refractivity contribution in [3.8, 4) is 0 Å². The highest BCUT2D eigenvalue weighted by molar-refractivity contribution is 7.92. The highest BCUT2D eigenvalue weighted by Crippen LogP contribution is 2.29. The van der Waals surface area contributed by atoms with Gasteiger partial charge in [-0.05, 0) is 42.8 Å². The maximum absolute atomic E-state index is 13.3. The van der Waals surface area contributed by atoms with Gasteiger partial charge in [0.25, 0.3) is 0 Å². The molecule has 0 fully saturated rings. The van der Waals surface area contributed by atoms with E-state index < -0.39 is 29.9 Å². The first-order chi connectivity index (χ1) is 14.9. The van der Waals surface area contributed by atoms with E-state index in [0.29, 0.717) is 5.56 Å². The van der Waals surface area contributed by atoms with E-state index in [4.69, 9.17) is 0 Å². The van der Waals surface area contributed by atoms with Gasteiger partial charge in [-0.25, -0.2) is 25.3 Å². The monoisotopic (exact) mass is 502 g/mol. The Hall–Kier alpha value is -1.79. The second-order valence-corrected chi connectivity index (χ2v) is 12.9. The van der Waals surface area contributed by atoms with E-state index in [1.165, 1.54) is 38.9 Å². The second kappa shape index (κ2) is 10.0. The zero-order valence-electron chi connectivity index (χ0n) is 18.9. The molecule has 0 amide bonds. The molecule has 0 saturated heterocycles. The van der Waals surface area contributed by atoms with Crippen molar-refractivity contribution >= 4 is 29.9 Å². The van der Waals surface area contributed by atoms with Crippen LogP contribution in [0.2, 0.25) is 0 Å². The molecule has 0 radical (unpaired) electrons. The SMILES string of the molecule is CCN(CC)S(=O)(=O)c1cccc(S(=O)(=O)c2ccc(C)c(S(=O)(=O)N(CC)CC)c2)c1. The van der Waals surface area contributed by atoms with Gasteiger partial charge in [0, 0.05) is 26.2 Å². The Morgan fingerprint density at radius 3 is 1.62 bits per heavy atom. The van der Waals surface area contributed by atoms with Gasteiger partial charge in [-0.15, -0.1) is 0 Å². The number of aryl methyl sites for hydroxylation is 1. The van der Waals surface area contributed by atoms with Gasteiger partial charge in [-0.2, -0.15) is 8.61 Å². The van der Waals surface area contributed by atoms with E-state index >= 15 is 0 Å². The maximum atomic E-state index is 13.3. The Morgan fingerprint density at radius 1 is 0.625 bits per heavy atom. The third-order valence-corrected chi connectivity index (χ3v) is 11.2. The maximum Gasteiger partial charge on any atom is 0.243 e. The Morgan fingerprint density at radius 2 is 1.09 bits per heavy atom. The van der Waals surface area contributed by atoms with E-state index in [9.17, 15) is 25.3 Å². The topological polar surface area (TPSA) is 109 Å². The molecule has 0 aliphatic heterocycles. The number of sulfone groups is 1. The number of hydrogen-bond donors (Lipinski definition) is 0. The second-order valence-electron chi connectivity index (χ2n) is 7.08. The van der Waals surface area contributed by atoms with Crippen molar-refractivity contribution in [2.75, 3.05) is 26.2 Å². The van der Waals surface area contributed by atoms with Crippen LogP contribution >= 0.6 is 0 Å². The molecule has 8 nitrogen and oxygen atoms in total. The van der Waals surface area contributed by atoms with Gasteiger partial charge in [-0.1, -0.05) is 39.8 Å². The molecule has 2 aromatic rings. The Balaban J connectivity index is 2.64. The summed E-state index contributed by atoms with van der Waals surface area (Å²) >= 11 is 0. The average Bonchev–Trinajstić information content (AvgIpc) is 2.75. The summed E-state index contributed by atoms with van der Waals surface area (Å²) in [6.45, 7) is 9.42. The van der Waals surface area contributed by atoms with Crippen LogP contribution in [0, 0.1) is 6.92 Å². The smallest absolute Gasteiger partial charge is 0.219 e. The molecular weight excluding hydrogens is 472 g/mol. The molecule has 0 bridgehead atoms. The van der Waals surface area contributed by atoms with Gasteiger partial charge >= 0.3 is 0 Å². The van der Waals surface area contributed by atoms with Crippen LogP contribution in [0.15, 0.2) is 62.0 Å². The summed E-state index contributed by atoms with van der Waals surface area (Å²) in [5, 5.41) is 0. The van der Waals surface area contributed by atoms with Crippen LogP contribution in [0.4, 0.5) is 0 Å². The summed E-state index contributed by atoms with van der Waals surface area (Å²) in [4.78, 5) is -0.661. The molecule has 0 spiro atoms. The van der Waals surface area contributed by atoms with Crippen molar-refractivity contribution in [2.45, 2.75) is 54.2 Å². The van der Waals surface area contributed by atoms with Gasteiger partial charge in [0.05, 0.1) is 19.6 Å². The first-order valence-electron chi connectivity index (χ1n) is 10.3. The number of benzene rings is 2. The fourth-order valence-electron chi connectivity index (χ4n) is 3.38. The lowest BCUT2D eigenvalue weighted by Crippen LogP contribution is -2.31. The minimum Gasteiger partial charge on any atom is -0.219 e. The molecule has 0 aromatic heterocycles. The van der Waals surface area contributed by atoms with Crippen LogP contribution in [0.25, 0.3) is 0 Å². The lowest BCUT2D eigenvalue weighted by Gasteiger charge is -2.20. The standard InChI is InChI=1S/C21H30N2O6S3/c1-6-22(7-2)31(26,27)20-12-10-11-18(15-20)30(24,25)19-14-13-17(5)21(16-19)32(28,29)23(8-3)9-4/h10-16H,6-9H2,1-5H3. The van der Waals surface area contributed by atoms with E-state index in [0.717, 1.165) is 12.1 Å². The Bertz CT molecular complexity index is 1280. The molecule has 2 aromatic carbocycles. The molecule has 0 aliphatic carbocycles. The molecule has 178 valence electrons. The van der Waals surface area contributed by atoms with Crippen LogP contribution in [0.3, 0.4) is 0 Å². The normalized spacial score (nSPS) is 13.1. The fraction of sp³-hybridized carbons (Fsp3) is 0.429. The lowest BCUT2D eigenvalue weighted by atomic mass is 10.2. The van der Waals surface area contributed by atoms with Crippen LogP contribution in [0.1, 0.15) is 33.3 Å². The van der Waals surface area contributed by atoms with Gasteiger partial charge < -0.3 is 0 Å². The fourth-order valence-corrected chi connectivity index (χ4v) is 8.07. The predicted molar refractivity (Wildman–Crippen MR) is 123 cm³/mol. The largest absolute Gasteiger partial charge is 0.243 e. The van der Waals surface area contributed by atoms with Crippen molar-refractivity contribution < 1.29 is 25.3 Å². The summed E-state index contributed by atoms with van der Waals surface area (Å²) in [5.74, 6) is 0. The van der Waals surface area contributed by atoms with Gasteiger partial charge in [-0.3, -0.25) is 0 Å². The molecule has 0 atom stereocenters. The molecule has 2 rings (SSSR count). The molecular formula is C21H30N2O6S3. The summed E-state index contributed by atoms with van der Waals surface area (Å²) < 4.78 is 80.8. The average molecular weight is 503 g/mol. The van der Waals surface area contributed by atoms with Gasteiger partial charge in [0.2, 0.25) is 29.9 Å². The third kappa shape index (κ3) is 4.91. The number of sulfonamides is 2. The van der Waals surface area contributed by atoms with E-state index in [1.54, 1.807) is 34.6 Å². The number of hydrogen-bond acceptors (Lipinski definition) is 6. The first-order valence-corrected chi connectivity index (χ1v) is 14.7. The summed E-state index contributed by atoms with van der Waals surface area (Å²) in [7, 11) is -11.9. The van der Waals surface area contributed by atoms with E-state index in [-0.39, 0.29) is 45.8 Å². The van der Waals surface area contributed by atoms with Crippen molar-refractivity contribution in [1.29, 1.82) is 0 Å². The van der Waals surface area contributed by atoms with Crippen molar-refractivity contribution in [3.05, 3.63) is 48.0 Å². The molecule has 0 aliphatic rings.